The van der Waals surface area contributed by atoms with Crippen LogP contribution in [0.25, 0.3) is 0 Å². The van der Waals surface area contributed by atoms with Crippen molar-refractivity contribution in [1.82, 2.24) is 4.90 Å². The van der Waals surface area contributed by atoms with Crippen LogP contribution in [0.2, 0.25) is 0 Å². The van der Waals surface area contributed by atoms with Gasteiger partial charge in [-0.1, -0.05) is 6.07 Å². The highest BCUT2D eigenvalue weighted by atomic mass is 16.5. The molecule has 1 N–H and O–H groups in total. The van der Waals surface area contributed by atoms with E-state index in [1.165, 1.54) is 0 Å². The number of aromatic hydroxyl groups is 1. The van der Waals surface area contributed by atoms with Crippen molar-refractivity contribution in [1.29, 1.82) is 0 Å². The average molecular weight is 265 g/mol. The van der Waals surface area contributed by atoms with Crippen molar-refractivity contribution in [2.75, 3.05) is 26.8 Å². The van der Waals surface area contributed by atoms with Crippen LogP contribution in [0.1, 0.15) is 25.3 Å². The molecule has 0 spiro atoms. The summed E-state index contributed by atoms with van der Waals surface area (Å²) < 4.78 is 10.7. The first-order valence-corrected chi connectivity index (χ1v) is 6.92. The molecule has 0 amide bonds. The molecule has 1 heterocycles. The van der Waals surface area contributed by atoms with Crippen LogP contribution in [-0.4, -0.2) is 42.9 Å². The molecule has 0 radical (unpaired) electrons. The van der Waals surface area contributed by atoms with Crippen LogP contribution < -0.4 is 4.74 Å². The fourth-order valence-electron chi connectivity index (χ4n) is 2.56. The first kappa shape index (κ1) is 14.2. The van der Waals surface area contributed by atoms with Crippen molar-refractivity contribution in [3.05, 3.63) is 23.8 Å². The number of benzene rings is 1. The molecular formula is C15H23NO3. The molecule has 106 valence electrons. The summed E-state index contributed by atoms with van der Waals surface area (Å²) in [6.45, 7) is 5.83. The fraction of sp³-hybridized carbons (Fsp3) is 0.600. The van der Waals surface area contributed by atoms with E-state index in [4.69, 9.17) is 9.47 Å². The summed E-state index contributed by atoms with van der Waals surface area (Å²) in [6, 6.07) is 5.61. The Morgan fingerprint density at radius 1 is 1.32 bits per heavy atom. The third kappa shape index (κ3) is 3.85. The predicted octanol–water partition coefficient (Wildman–Crippen LogP) is 2.40. The minimum atomic E-state index is 0.212. The minimum absolute atomic E-state index is 0.212. The number of phenolic OH excluding ortho intramolecular Hbond substituents is 1. The molecule has 1 aromatic rings. The van der Waals surface area contributed by atoms with E-state index in [0.717, 1.165) is 44.6 Å². The van der Waals surface area contributed by atoms with E-state index in [-0.39, 0.29) is 5.75 Å². The molecule has 0 bridgehead atoms. The van der Waals surface area contributed by atoms with Gasteiger partial charge in [0.25, 0.3) is 0 Å². The fourth-order valence-corrected chi connectivity index (χ4v) is 2.56. The molecule has 0 atom stereocenters. The van der Waals surface area contributed by atoms with Crippen LogP contribution in [0.5, 0.6) is 11.5 Å². The highest BCUT2D eigenvalue weighted by Crippen LogP contribution is 2.27. The SMILES string of the molecule is CCOC1CCN(Cc2ccc(OC)c(O)c2)CC1. The lowest BCUT2D eigenvalue weighted by molar-refractivity contribution is 0.0125. The highest BCUT2D eigenvalue weighted by molar-refractivity contribution is 5.41. The van der Waals surface area contributed by atoms with Gasteiger partial charge in [-0.15, -0.1) is 0 Å². The molecule has 4 nitrogen and oxygen atoms in total. The Balaban J connectivity index is 1.87. The van der Waals surface area contributed by atoms with Gasteiger partial charge in [-0.3, -0.25) is 4.90 Å². The number of rotatable bonds is 5. The van der Waals surface area contributed by atoms with Crippen molar-refractivity contribution in [3.8, 4) is 11.5 Å². The summed E-state index contributed by atoms with van der Waals surface area (Å²) in [5.74, 6) is 0.739. The van der Waals surface area contributed by atoms with Gasteiger partial charge >= 0.3 is 0 Å². The van der Waals surface area contributed by atoms with Gasteiger partial charge in [-0.05, 0) is 37.5 Å². The molecule has 19 heavy (non-hydrogen) atoms. The van der Waals surface area contributed by atoms with Gasteiger partial charge in [-0.25, -0.2) is 0 Å². The maximum absolute atomic E-state index is 9.77. The van der Waals surface area contributed by atoms with Crippen molar-refractivity contribution in [2.24, 2.45) is 0 Å². The Kier molecular flexibility index (Phi) is 5.05. The molecule has 1 saturated heterocycles. The van der Waals surface area contributed by atoms with E-state index >= 15 is 0 Å². The number of piperidine rings is 1. The number of hydrogen-bond donors (Lipinski definition) is 1. The lowest BCUT2D eigenvalue weighted by Crippen LogP contribution is -2.36. The van der Waals surface area contributed by atoms with E-state index in [1.54, 1.807) is 13.2 Å². The second-order valence-electron chi connectivity index (χ2n) is 4.94. The van der Waals surface area contributed by atoms with Crippen LogP contribution in [0.15, 0.2) is 18.2 Å². The van der Waals surface area contributed by atoms with Crippen LogP contribution >= 0.6 is 0 Å². The van der Waals surface area contributed by atoms with Gasteiger partial charge in [0.1, 0.15) is 0 Å². The summed E-state index contributed by atoms with van der Waals surface area (Å²) >= 11 is 0. The van der Waals surface area contributed by atoms with E-state index < -0.39 is 0 Å². The van der Waals surface area contributed by atoms with Gasteiger partial charge in [-0.2, -0.15) is 0 Å². The summed E-state index contributed by atoms with van der Waals surface area (Å²) in [5.41, 5.74) is 1.12. The minimum Gasteiger partial charge on any atom is -0.504 e. The molecule has 0 aliphatic carbocycles. The average Bonchev–Trinajstić information content (AvgIpc) is 2.42. The van der Waals surface area contributed by atoms with E-state index in [0.29, 0.717) is 11.9 Å². The van der Waals surface area contributed by atoms with Crippen LogP contribution in [0.4, 0.5) is 0 Å². The van der Waals surface area contributed by atoms with Gasteiger partial charge in [0, 0.05) is 26.2 Å². The first-order valence-electron chi connectivity index (χ1n) is 6.92. The number of nitrogens with zero attached hydrogens (tertiary/aromatic N) is 1. The molecule has 0 unspecified atom stereocenters. The first-order chi connectivity index (χ1) is 9.22. The van der Waals surface area contributed by atoms with Crippen LogP contribution in [0.3, 0.4) is 0 Å². The lowest BCUT2D eigenvalue weighted by atomic mass is 10.1. The normalized spacial score (nSPS) is 17.6. The Morgan fingerprint density at radius 3 is 2.63 bits per heavy atom. The van der Waals surface area contributed by atoms with Crippen molar-refractivity contribution >= 4 is 0 Å². The van der Waals surface area contributed by atoms with Crippen molar-refractivity contribution < 1.29 is 14.6 Å². The molecule has 1 aliphatic rings. The van der Waals surface area contributed by atoms with Crippen LogP contribution in [-0.2, 0) is 11.3 Å². The summed E-state index contributed by atoms with van der Waals surface area (Å²) in [7, 11) is 1.56. The van der Waals surface area contributed by atoms with Crippen molar-refractivity contribution in [3.63, 3.8) is 0 Å². The zero-order valence-corrected chi connectivity index (χ0v) is 11.8. The summed E-state index contributed by atoms with van der Waals surface area (Å²) in [6.07, 6.45) is 2.61. The molecule has 4 heteroatoms. The Labute approximate surface area is 114 Å². The molecule has 1 fully saturated rings. The quantitative estimate of drug-likeness (QED) is 0.887. The number of ether oxygens (including phenoxy) is 2. The number of likely N-dealkylation sites (tertiary alicyclic amines) is 1. The number of hydrogen-bond acceptors (Lipinski definition) is 4. The van der Waals surface area contributed by atoms with Gasteiger partial charge in [0.2, 0.25) is 0 Å². The monoisotopic (exact) mass is 265 g/mol. The predicted molar refractivity (Wildman–Crippen MR) is 74.6 cm³/mol. The van der Waals surface area contributed by atoms with Gasteiger partial charge in [0.15, 0.2) is 11.5 Å². The smallest absolute Gasteiger partial charge is 0.160 e. The lowest BCUT2D eigenvalue weighted by Gasteiger charge is -2.31. The van der Waals surface area contributed by atoms with Gasteiger partial charge < -0.3 is 14.6 Å². The summed E-state index contributed by atoms with van der Waals surface area (Å²) in [5, 5.41) is 9.77. The van der Waals surface area contributed by atoms with Gasteiger partial charge in [0.05, 0.1) is 13.2 Å². The topological polar surface area (TPSA) is 41.9 Å². The highest BCUT2D eigenvalue weighted by Gasteiger charge is 2.19. The molecule has 0 saturated carbocycles. The zero-order chi connectivity index (χ0) is 13.7. The molecule has 1 aromatic carbocycles. The Bertz CT molecular complexity index is 400. The zero-order valence-electron chi connectivity index (χ0n) is 11.8. The molecule has 2 rings (SSSR count). The summed E-state index contributed by atoms with van der Waals surface area (Å²) in [4.78, 5) is 2.40. The standard InChI is InChI=1S/C15H23NO3/c1-3-19-13-6-8-16(9-7-13)11-12-4-5-15(18-2)14(17)10-12/h4-5,10,13,17H,3,6-9,11H2,1-2H3. The third-order valence-electron chi connectivity index (χ3n) is 3.59. The maximum Gasteiger partial charge on any atom is 0.160 e. The Hall–Kier alpha value is -1.26. The van der Waals surface area contributed by atoms with Crippen molar-refractivity contribution in [2.45, 2.75) is 32.4 Å². The second-order valence-corrected chi connectivity index (χ2v) is 4.94. The van der Waals surface area contributed by atoms with E-state index in [9.17, 15) is 5.11 Å². The molecule has 1 aliphatic heterocycles. The molecular weight excluding hydrogens is 242 g/mol. The number of methoxy groups -OCH3 is 1. The van der Waals surface area contributed by atoms with Crippen LogP contribution in [0, 0.1) is 0 Å². The van der Waals surface area contributed by atoms with E-state index in [2.05, 4.69) is 4.90 Å². The molecule has 0 aromatic heterocycles. The third-order valence-corrected chi connectivity index (χ3v) is 3.59. The largest absolute Gasteiger partial charge is 0.504 e. The second kappa shape index (κ2) is 6.78. The number of phenols is 1. The van der Waals surface area contributed by atoms with E-state index in [1.807, 2.05) is 19.1 Å². The Morgan fingerprint density at radius 2 is 2.05 bits per heavy atom. The maximum atomic E-state index is 9.77.